The van der Waals surface area contributed by atoms with Gasteiger partial charge in [-0.2, -0.15) is 4.99 Å². The normalized spacial score (nSPS) is 19.1. The summed E-state index contributed by atoms with van der Waals surface area (Å²) in [6, 6.07) is 0. The molecule has 1 aliphatic heterocycles. The topological polar surface area (TPSA) is 38.7 Å². The van der Waals surface area contributed by atoms with Gasteiger partial charge in [0.15, 0.2) is 6.40 Å². The van der Waals surface area contributed by atoms with E-state index in [2.05, 4.69) is 9.73 Å². The lowest BCUT2D eigenvalue weighted by Crippen LogP contribution is -1.98. The standard InChI is InChI=1S/C3H3NO2S/c5-3-4-1-6-2-7-3/h1H,2H2. The monoisotopic (exact) mass is 117 g/mol. The Balaban J connectivity index is 2.51. The van der Waals surface area contributed by atoms with Crippen molar-refractivity contribution in [2.24, 2.45) is 4.99 Å². The Hall–Kier alpha value is -0.510. The summed E-state index contributed by atoms with van der Waals surface area (Å²) in [4.78, 5) is 13.5. The lowest BCUT2D eigenvalue weighted by Gasteiger charge is -1.99. The van der Waals surface area contributed by atoms with Crippen LogP contribution in [0.15, 0.2) is 4.99 Å². The van der Waals surface area contributed by atoms with Crippen molar-refractivity contribution in [3.05, 3.63) is 0 Å². The van der Waals surface area contributed by atoms with E-state index in [9.17, 15) is 4.79 Å². The van der Waals surface area contributed by atoms with Crippen molar-refractivity contribution in [1.82, 2.24) is 0 Å². The number of ether oxygens (including phenoxy) is 1. The van der Waals surface area contributed by atoms with Crippen LogP contribution < -0.4 is 0 Å². The smallest absolute Gasteiger partial charge is 0.310 e. The van der Waals surface area contributed by atoms with E-state index in [1.165, 1.54) is 6.40 Å². The lowest BCUT2D eigenvalue weighted by atomic mass is 11.2. The molecule has 0 aromatic rings. The Morgan fingerprint density at radius 2 is 2.86 bits per heavy atom. The zero-order valence-corrected chi connectivity index (χ0v) is 4.27. The Morgan fingerprint density at radius 3 is 3.14 bits per heavy atom. The molecule has 0 bridgehead atoms. The van der Waals surface area contributed by atoms with Crippen LogP contribution in [0.1, 0.15) is 0 Å². The molecule has 0 radical (unpaired) electrons. The predicted octanol–water partition coefficient (Wildman–Crippen LogP) is 0.856. The third-order valence-corrected chi connectivity index (χ3v) is 1.09. The zero-order valence-electron chi connectivity index (χ0n) is 3.46. The Kier molecular flexibility index (Phi) is 1.31. The maximum Gasteiger partial charge on any atom is 0.310 e. The van der Waals surface area contributed by atoms with Crippen molar-refractivity contribution in [1.29, 1.82) is 0 Å². The minimum atomic E-state index is -0.175. The Labute approximate surface area is 44.8 Å². The van der Waals surface area contributed by atoms with E-state index in [1.807, 2.05) is 0 Å². The SMILES string of the molecule is O=C1N=COCS1. The van der Waals surface area contributed by atoms with E-state index >= 15 is 0 Å². The maximum absolute atomic E-state index is 10.1. The highest BCUT2D eigenvalue weighted by molar-refractivity contribution is 8.13. The first-order valence-electron chi connectivity index (χ1n) is 1.70. The van der Waals surface area contributed by atoms with Crippen LogP contribution in [0, 0.1) is 0 Å². The van der Waals surface area contributed by atoms with Gasteiger partial charge in [-0.15, -0.1) is 0 Å². The van der Waals surface area contributed by atoms with Crippen LogP contribution >= 0.6 is 11.8 Å². The van der Waals surface area contributed by atoms with Crippen LogP contribution in [0.25, 0.3) is 0 Å². The van der Waals surface area contributed by atoms with Gasteiger partial charge >= 0.3 is 5.24 Å². The van der Waals surface area contributed by atoms with Crippen molar-refractivity contribution >= 4 is 23.4 Å². The van der Waals surface area contributed by atoms with Gasteiger partial charge in [-0.25, -0.2) is 0 Å². The second kappa shape index (κ2) is 1.97. The molecule has 38 valence electrons. The maximum atomic E-state index is 10.1. The highest BCUT2D eigenvalue weighted by Gasteiger charge is 2.01. The van der Waals surface area contributed by atoms with Crippen molar-refractivity contribution in [3.8, 4) is 0 Å². The van der Waals surface area contributed by atoms with Gasteiger partial charge < -0.3 is 4.74 Å². The van der Waals surface area contributed by atoms with Crippen molar-refractivity contribution in [2.45, 2.75) is 0 Å². The van der Waals surface area contributed by atoms with Crippen LogP contribution in [0.4, 0.5) is 4.79 Å². The summed E-state index contributed by atoms with van der Waals surface area (Å²) >= 11 is 1.06. The molecule has 0 atom stereocenters. The molecule has 1 aliphatic rings. The minimum absolute atomic E-state index is 0.175. The molecule has 7 heavy (non-hydrogen) atoms. The Bertz CT molecular complexity index is 112. The van der Waals surface area contributed by atoms with Gasteiger partial charge in [-0.1, -0.05) is 0 Å². The predicted molar refractivity (Wildman–Crippen MR) is 27.4 cm³/mol. The quantitative estimate of drug-likeness (QED) is 0.472. The molecule has 3 nitrogen and oxygen atoms in total. The molecule has 4 heteroatoms. The van der Waals surface area contributed by atoms with Crippen LogP contribution in [-0.4, -0.2) is 17.6 Å². The molecule has 0 aromatic carbocycles. The second-order valence-electron chi connectivity index (χ2n) is 0.929. The molecular weight excluding hydrogens is 114 g/mol. The highest BCUT2D eigenvalue weighted by atomic mass is 32.2. The average molecular weight is 117 g/mol. The summed E-state index contributed by atoms with van der Waals surface area (Å²) in [6.45, 7) is 0. The summed E-state index contributed by atoms with van der Waals surface area (Å²) in [5.41, 5.74) is 0. The number of thioether (sulfide) groups is 1. The van der Waals surface area contributed by atoms with E-state index in [0.29, 0.717) is 5.94 Å². The number of hydrogen-bond acceptors (Lipinski definition) is 3. The van der Waals surface area contributed by atoms with E-state index < -0.39 is 0 Å². The number of carbonyl (C=O) groups is 1. The fourth-order valence-corrected chi connectivity index (χ4v) is 0.580. The van der Waals surface area contributed by atoms with Crippen molar-refractivity contribution < 1.29 is 9.53 Å². The number of amides is 1. The molecule has 0 saturated carbocycles. The van der Waals surface area contributed by atoms with Crippen LogP contribution in [0.2, 0.25) is 0 Å². The minimum Gasteiger partial charge on any atom is -0.472 e. The molecule has 0 aliphatic carbocycles. The molecule has 0 N–H and O–H groups in total. The summed E-state index contributed by atoms with van der Waals surface area (Å²) in [6.07, 6.45) is 1.17. The first-order chi connectivity index (χ1) is 3.39. The molecule has 0 spiro atoms. The van der Waals surface area contributed by atoms with Gasteiger partial charge in [-0.3, -0.25) is 4.79 Å². The first-order valence-corrected chi connectivity index (χ1v) is 2.69. The van der Waals surface area contributed by atoms with Gasteiger partial charge in [0.2, 0.25) is 0 Å². The first kappa shape index (κ1) is 4.64. The van der Waals surface area contributed by atoms with Crippen molar-refractivity contribution in [3.63, 3.8) is 0 Å². The van der Waals surface area contributed by atoms with Crippen LogP contribution in [0.5, 0.6) is 0 Å². The van der Waals surface area contributed by atoms with E-state index in [1.54, 1.807) is 0 Å². The van der Waals surface area contributed by atoms with E-state index in [4.69, 9.17) is 0 Å². The van der Waals surface area contributed by atoms with Gasteiger partial charge in [-0.05, 0) is 11.8 Å². The molecule has 1 heterocycles. The summed E-state index contributed by atoms with van der Waals surface area (Å²) in [7, 11) is 0. The van der Waals surface area contributed by atoms with Gasteiger partial charge in [0.1, 0.15) is 5.94 Å². The summed E-state index contributed by atoms with van der Waals surface area (Å²) < 4.78 is 4.59. The van der Waals surface area contributed by atoms with Gasteiger partial charge in [0.25, 0.3) is 0 Å². The fourth-order valence-electron chi connectivity index (χ4n) is 0.232. The molecular formula is C3H3NO2S. The number of hydrogen-bond donors (Lipinski definition) is 0. The van der Waals surface area contributed by atoms with E-state index in [0.717, 1.165) is 11.8 Å². The third kappa shape index (κ3) is 1.19. The van der Waals surface area contributed by atoms with Gasteiger partial charge in [0, 0.05) is 0 Å². The molecule has 0 unspecified atom stereocenters. The molecule has 0 saturated heterocycles. The average Bonchev–Trinajstić information content (AvgIpc) is 1.69. The van der Waals surface area contributed by atoms with Crippen molar-refractivity contribution in [2.75, 3.05) is 5.94 Å². The zero-order chi connectivity index (χ0) is 5.11. The molecule has 0 aromatic heterocycles. The highest BCUT2D eigenvalue weighted by Crippen LogP contribution is 2.07. The number of aliphatic imine (C=N–C) groups is 1. The lowest BCUT2D eigenvalue weighted by molar-refractivity contribution is 0.265. The fraction of sp³-hybridized carbons (Fsp3) is 0.333. The summed E-state index contributed by atoms with van der Waals surface area (Å²) in [5, 5.41) is -0.175. The molecule has 1 rings (SSSR count). The number of rotatable bonds is 0. The van der Waals surface area contributed by atoms with Crippen LogP contribution in [0.3, 0.4) is 0 Å². The Morgan fingerprint density at radius 1 is 2.00 bits per heavy atom. The third-order valence-electron chi connectivity index (χ3n) is 0.483. The molecule has 0 fully saturated rings. The van der Waals surface area contributed by atoms with E-state index in [-0.39, 0.29) is 5.24 Å². The summed E-state index contributed by atoms with van der Waals surface area (Å²) in [5.74, 6) is 0.405. The number of carbonyl (C=O) groups excluding carboxylic acids is 1. The van der Waals surface area contributed by atoms with Gasteiger partial charge in [0.05, 0.1) is 0 Å². The second-order valence-corrected chi connectivity index (χ2v) is 1.80. The van der Waals surface area contributed by atoms with Crippen LogP contribution in [-0.2, 0) is 4.74 Å². The largest absolute Gasteiger partial charge is 0.472 e. The molecule has 1 amide bonds. The number of nitrogens with zero attached hydrogens (tertiary/aromatic N) is 1.